The van der Waals surface area contributed by atoms with Crippen molar-refractivity contribution in [1.82, 2.24) is 9.29 Å². The number of sulfonamides is 1. The fourth-order valence-electron chi connectivity index (χ4n) is 3.26. The number of rotatable bonds is 10. The first kappa shape index (κ1) is 23.0. The molecule has 1 heterocycles. The van der Waals surface area contributed by atoms with Gasteiger partial charge in [-0.15, -0.1) is 11.3 Å². The van der Waals surface area contributed by atoms with Crippen LogP contribution in [0.5, 0.6) is 11.5 Å². The van der Waals surface area contributed by atoms with Gasteiger partial charge in [0.1, 0.15) is 23.1 Å². The quantitative estimate of drug-likeness (QED) is 0.453. The molecule has 0 spiro atoms. The average molecular weight is 495 g/mol. The zero-order chi connectivity index (χ0) is 22.7. The van der Waals surface area contributed by atoms with E-state index in [1.165, 1.54) is 22.8 Å². The van der Waals surface area contributed by atoms with Crippen molar-refractivity contribution in [2.45, 2.75) is 43.5 Å². The highest BCUT2D eigenvalue weighted by molar-refractivity contribution is 7.89. The normalized spacial score (nSPS) is 14.0. The van der Waals surface area contributed by atoms with Crippen molar-refractivity contribution in [2.24, 2.45) is 0 Å². The minimum atomic E-state index is -3.72. The Balaban J connectivity index is 1.58. The molecular weight excluding hydrogens is 472 g/mol. The van der Waals surface area contributed by atoms with Crippen molar-refractivity contribution in [1.29, 1.82) is 0 Å². The van der Waals surface area contributed by atoms with Gasteiger partial charge in [0.25, 0.3) is 0 Å². The molecule has 10 heteroatoms. The van der Waals surface area contributed by atoms with Gasteiger partial charge in [-0.2, -0.15) is 4.31 Å². The maximum atomic E-state index is 13.4. The molecule has 3 aromatic rings. The molecule has 0 saturated heterocycles. The van der Waals surface area contributed by atoms with Crippen LogP contribution in [0.15, 0.2) is 52.7 Å². The van der Waals surface area contributed by atoms with E-state index < -0.39 is 10.0 Å². The number of ether oxygens (including phenoxy) is 2. The number of methoxy groups -OCH3 is 1. The summed E-state index contributed by atoms with van der Waals surface area (Å²) in [6.45, 7) is 0.241. The summed E-state index contributed by atoms with van der Waals surface area (Å²) in [6.07, 6.45) is 1.63. The van der Waals surface area contributed by atoms with Crippen molar-refractivity contribution >= 4 is 33.0 Å². The van der Waals surface area contributed by atoms with Crippen LogP contribution in [0.4, 0.5) is 0 Å². The van der Waals surface area contributed by atoms with Crippen LogP contribution in [0.2, 0.25) is 5.02 Å². The highest BCUT2D eigenvalue weighted by Crippen LogP contribution is 2.36. The third kappa shape index (κ3) is 5.24. The Hall–Kier alpha value is -2.17. The van der Waals surface area contributed by atoms with Crippen LogP contribution in [0, 0.1) is 0 Å². The van der Waals surface area contributed by atoms with Gasteiger partial charge in [0.15, 0.2) is 0 Å². The minimum absolute atomic E-state index is 0.0555. The fraction of sp³-hybridized carbons (Fsp3) is 0.318. The van der Waals surface area contributed by atoms with Crippen LogP contribution in [-0.2, 0) is 29.8 Å². The molecule has 170 valence electrons. The highest BCUT2D eigenvalue weighted by atomic mass is 35.5. The SMILES string of the molecule is COc1ccc(S(=O)(=O)N(Cc2cc(Cl)ccc2OCc2nc(CO)cs2)C2CC2)cc1. The van der Waals surface area contributed by atoms with Crippen molar-refractivity contribution in [3.63, 3.8) is 0 Å². The maximum absolute atomic E-state index is 13.4. The number of aliphatic hydroxyl groups excluding tert-OH is 1. The largest absolute Gasteiger partial charge is 0.497 e. The first-order chi connectivity index (χ1) is 15.4. The lowest BCUT2D eigenvalue weighted by Gasteiger charge is -2.23. The molecule has 1 aliphatic carbocycles. The Bertz CT molecular complexity index is 1180. The van der Waals surface area contributed by atoms with Gasteiger partial charge in [-0.3, -0.25) is 0 Å². The van der Waals surface area contributed by atoms with Gasteiger partial charge >= 0.3 is 0 Å². The number of hydrogen-bond acceptors (Lipinski definition) is 7. The second kappa shape index (κ2) is 9.76. The molecule has 0 radical (unpaired) electrons. The molecule has 0 amide bonds. The number of thiazole rings is 1. The van der Waals surface area contributed by atoms with E-state index in [2.05, 4.69) is 4.98 Å². The van der Waals surface area contributed by atoms with E-state index >= 15 is 0 Å². The van der Waals surface area contributed by atoms with Crippen molar-refractivity contribution < 1.29 is 23.0 Å². The van der Waals surface area contributed by atoms with Gasteiger partial charge in [0.05, 0.1) is 24.3 Å². The van der Waals surface area contributed by atoms with E-state index in [0.29, 0.717) is 27.8 Å². The third-order valence-corrected chi connectivity index (χ3v) is 8.10. The molecule has 1 fully saturated rings. The summed E-state index contributed by atoms with van der Waals surface area (Å²) in [6, 6.07) is 11.5. The van der Waals surface area contributed by atoms with Gasteiger partial charge in [0.2, 0.25) is 10.0 Å². The fourth-order valence-corrected chi connectivity index (χ4v) is 5.82. The van der Waals surface area contributed by atoms with Gasteiger partial charge in [0, 0.05) is 28.6 Å². The van der Waals surface area contributed by atoms with Crippen LogP contribution < -0.4 is 9.47 Å². The van der Waals surface area contributed by atoms with Crippen LogP contribution >= 0.6 is 22.9 Å². The molecule has 0 atom stereocenters. The Morgan fingerprint density at radius 2 is 1.97 bits per heavy atom. The summed E-state index contributed by atoms with van der Waals surface area (Å²) >= 11 is 7.62. The number of nitrogens with zero attached hydrogens (tertiary/aromatic N) is 2. The molecule has 0 aliphatic heterocycles. The molecule has 7 nitrogen and oxygen atoms in total. The first-order valence-electron chi connectivity index (χ1n) is 10.0. The average Bonchev–Trinajstić information content (AvgIpc) is 3.53. The summed E-state index contributed by atoms with van der Waals surface area (Å²) in [5, 5.41) is 12.2. The third-order valence-electron chi connectivity index (χ3n) is 5.08. The molecule has 1 aliphatic rings. The lowest BCUT2D eigenvalue weighted by atomic mass is 10.2. The highest BCUT2D eigenvalue weighted by Gasteiger charge is 2.38. The molecule has 2 aromatic carbocycles. The number of aromatic nitrogens is 1. The smallest absolute Gasteiger partial charge is 0.243 e. The van der Waals surface area contributed by atoms with Crippen molar-refractivity contribution in [3.05, 3.63) is 69.1 Å². The van der Waals surface area contributed by atoms with Crippen LogP contribution in [0.25, 0.3) is 0 Å². The lowest BCUT2D eigenvalue weighted by Crippen LogP contribution is -2.32. The molecule has 32 heavy (non-hydrogen) atoms. The molecule has 1 N–H and O–H groups in total. The molecule has 1 aromatic heterocycles. The summed E-state index contributed by atoms with van der Waals surface area (Å²) in [4.78, 5) is 4.50. The number of aliphatic hydroxyl groups is 1. The summed E-state index contributed by atoms with van der Waals surface area (Å²) < 4.78 is 39.4. The summed E-state index contributed by atoms with van der Waals surface area (Å²) in [5.74, 6) is 1.14. The predicted octanol–water partition coefficient (Wildman–Crippen LogP) is 4.23. The molecular formula is C22H23ClN2O5S2. The van der Waals surface area contributed by atoms with Gasteiger partial charge in [-0.05, 0) is 55.3 Å². The second-order valence-electron chi connectivity index (χ2n) is 7.39. The monoisotopic (exact) mass is 494 g/mol. The van der Waals surface area contributed by atoms with Crippen molar-refractivity contribution in [2.75, 3.05) is 7.11 Å². The number of halogens is 1. The van der Waals surface area contributed by atoms with E-state index in [1.807, 2.05) is 0 Å². The van der Waals surface area contributed by atoms with E-state index in [0.717, 1.165) is 17.8 Å². The topological polar surface area (TPSA) is 89.0 Å². The van der Waals surface area contributed by atoms with E-state index in [9.17, 15) is 13.5 Å². The maximum Gasteiger partial charge on any atom is 0.243 e. The zero-order valence-corrected chi connectivity index (χ0v) is 19.8. The van der Waals surface area contributed by atoms with E-state index in [1.54, 1.807) is 47.8 Å². The van der Waals surface area contributed by atoms with Gasteiger partial charge in [-0.25, -0.2) is 13.4 Å². The van der Waals surface area contributed by atoms with E-state index in [4.69, 9.17) is 21.1 Å². The van der Waals surface area contributed by atoms with Crippen LogP contribution in [0.3, 0.4) is 0 Å². The summed E-state index contributed by atoms with van der Waals surface area (Å²) in [5.41, 5.74) is 1.27. The van der Waals surface area contributed by atoms with Crippen LogP contribution in [-0.4, -0.2) is 36.0 Å². The summed E-state index contributed by atoms with van der Waals surface area (Å²) in [7, 11) is -2.18. The number of benzene rings is 2. The van der Waals surface area contributed by atoms with Gasteiger partial charge < -0.3 is 14.6 Å². The Morgan fingerprint density at radius 3 is 2.59 bits per heavy atom. The van der Waals surface area contributed by atoms with Crippen molar-refractivity contribution in [3.8, 4) is 11.5 Å². The van der Waals surface area contributed by atoms with E-state index in [-0.39, 0.29) is 30.7 Å². The molecule has 0 unspecified atom stereocenters. The predicted molar refractivity (Wildman–Crippen MR) is 123 cm³/mol. The molecule has 1 saturated carbocycles. The standard InChI is InChI=1S/C22H23ClN2O5S2/c1-29-19-5-7-20(8-6-19)32(27,28)25(18-3-4-18)11-15-10-16(23)2-9-21(15)30-13-22-24-17(12-26)14-31-22/h2,5-10,14,18,26H,3-4,11-13H2,1H3. The zero-order valence-electron chi connectivity index (χ0n) is 17.4. The number of hydrogen-bond donors (Lipinski definition) is 1. The molecule has 0 bridgehead atoms. The molecule has 4 rings (SSSR count). The second-order valence-corrected chi connectivity index (χ2v) is 10.7. The first-order valence-corrected chi connectivity index (χ1v) is 12.7. The Labute approximate surface area is 196 Å². The van der Waals surface area contributed by atoms with Gasteiger partial charge in [-0.1, -0.05) is 11.6 Å². The Morgan fingerprint density at radius 1 is 1.22 bits per heavy atom. The lowest BCUT2D eigenvalue weighted by molar-refractivity contribution is 0.274. The minimum Gasteiger partial charge on any atom is -0.497 e. The Kier molecular flexibility index (Phi) is 7.02. The van der Waals surface area contributed by atoms with Crippen LogP contribution in [0.1, 0.15) is 29.1 Å².